The second-order valence-electron chi connectivity index (χ2n) is 5.19. The van der Waals surface area contributed by atoms with Crippen LogP contribution in [0.1, 0.15) is 18.4 Å². The number of carbonyl (C=O) groups excluding carboxylic acids is 2. The Morgan fingerprint density at radius 1 is 1.29 bits per heavy atom. The summed E-state index contributed by atoms with van der Waals surface area (Å²) in [5, 5.41) is 0. The van der Waals surface area contributed by atoms with E-state index >= 15 is 0 Å². The van der Waals surface area contributed by atoms with E-state index in [1.54, 1.807) is 12.0 Å². The molecule has 1 atom stereocenters. The average molecular weight is 291 g/mol. The van der Waals surface area contributed by atoms with Crippen molar-refractivity contribution in [2.75, 3.05) is 27.3 Å². The highest BCUT2D eigenvalue weighted by molar-refractivity contribution is 5.81. The molecule has 1 aliphatic heterocycles. The first kappa shape index (κ1) is 15.4. The highest BCUT2D eigenvalue weighted by atomic mass is 16.5. The molecular formula is C16H21NO4. The van der Waals surface area contributed by atoms with Crippen molar-refractivity contribution >= 4 is 11.9 Å². The van der Waals surface area contributed by atoms with Gasteiger partial charge in [-0.3, -0.25) is 9.59 Å². The summed E-state index contributed by atoms with van der Waals surface area (Å²) in [6, 6.07) is 7.49. The number of methoxy groups -OCH3 is 2. The number of nitrogens with zero attached hydrogens (tertiary/aromatic N) is 1. The summed E-state index contributed by atoms with van der Waals surface area (Å²) in [5.74, 6) is 0.302. The number of rotatable bonds is 4. The van der Waals surface area contributed by atoms with Gasteiger partial charge in [0.2, 0.25) is 5.91 Å². The minimum absolute atomic E-state index is 0.0214. The number of para-hydroxylation sites is 1. The van der Waals surface area contributed by atoms with Gasteiger partial charge in [-0.2, -0.15) is 0 Å². The standard InChI is InChI=1S/C16H21NO4/c1-20-14-8-4-3-6-12(14)10-15(18)17-9-5-7-13(11-17)16(19)21-2/h3-4,6,8,13H,5,7,9-11H2,1-2H3/t13-/m0/s1. The molecule has 1 heterocycles. The fourth-order valence-corrected chi connectivity index (χ4v) is 2.69. The first-order chi connectivity index (χ1) is 10.2. The van der Waals surface area contributed by atoms with Crippen LogP contribution >= 0.6 is 0 Å². The Morgan fingerprint density at radius 3 is 2.76 bits per heavy atom. The fourth-order valence-electron chi connectivity index (χ4n) is 2.69. The molecule has 1 aromatic carbocycles. The van der Waals surface area contributed by atoms with Crippen molar-refractivity contribution in [1.82, 2.24) is 4.90 Å². The molecule has 0 aliphatic carbocycles. The lowest BCUT2D eigenvalue weighted by Crippen LogP contribution is -2.43. The van der Waals surface area contributed by atoms with Gasteiger partial charge in [-0.1, -0.05) is 18.2 Å². The Kier molecular flexibility index (Phi) is 5.20. The number of ether oxygens (including phenoxy) is 2. The van der Waals surface area contributed by atoms with Crippen LogP contribution in [-0.2, 0) is 20.7 Å². The molecule has 1 aliphatic rings. The van der Waals surface area contributed by atoms with Crippen LogP contribution in [0.2, 0.25) is 0 Å². The number of esters is 1. The number of piperidine rings is 1. The highest BCUT2D eigenvalue weighted by Crippen LogP contribution is 2.21. The van der Waals surface area contributed by atoms with Gasteiger partial charge in [0, 0.05) is 18.7 Å². The fraction of sp³-hybridized carbons (Fsp3) is 0.500. The van der Waals surface area contributed by atoms with E-state index in [0.29, 0.717) is 18.8 Å². The number of carbonyl (C=O) groups is 2. The number of likely N-dealkylation sites (tertiary alicyclic amines) is 1. The molecule has 1 aromatic rings. The molecule has 5 nitrogen and oxygen atoms in total. The van der Waals surface area contributed by atoms with Gasteiger partial charge in [-0.05, 0) is 18.9 Å². The molecule has 0 N–H and O–H groups in total. The van der Waals surface area contributed by atoms with Gasteiger partial charge in [0.25, 0.3) is 0 Å². The Labute approximate surface area is 124 Å². The molecule has 1 fully saturated rings. The van der Waals surface area contributed by atoms with E-state index in [-0.39, 0.29) is 24.2 Å². The van der Waals surface area contributed by atoms with Crippen molar-refractivity contribution in [1.29, 1.82) is 0 Å². The molecular weight excluding hydrogens is 270 g/mol. The average Bonchev–Trinajstić information content (AvgIpc) is 2.54. The quantitative estimate of drug-likeness (QED) is 0.792. The largest absolute Gasteiger partial charge is 0.496 e. The van der Waals surface area contributed by atoms with Gasteiger partial charge >= 0.3 is 5.97 Å². The summed E-state index contributed by atoms with van der Waals surface area (Å²) >= 11 is 0. The highest BCUT2D eigenvalue weighted by Gasteiger charge is 2.29. The van der Waals surface area contributed by atoms with Crippen molar-refractivity contribution in [3.63, 3.8) is 0 Å². The topological polar surface area (TPSA) is 55.8 Å². The molecule has 21 heavy (non-hydrogen) atoms. The lowest BCUT2D eigenvalue weighted by molar-refractivity contribution is -0.148. The van der Waals surface area contributed by atoms with Crippen molar-refractivity contribution in [2.45, 2.75) is 19.3 Å². The Morgan fingerprint density at radius 2 is 2.05 bits per heavy atom. The smallest absolute Gasteiger partial charge is 0.310 e. The predicted molar refractivity (Wildman–Crippen MR) is 78.0 cm³/mol. The molecule has 0 radical (unpaired) electrons. The van der Waals surface area contributed by atoms with Crippen molar-refractivity contribution in [3.05, 3.63) is 29.8 Å². The maximum atomic E-state index is 12.4. The third kappa shape index (κ3) is 3.74. The molecule has 1 amide bonds. The van der Waals surface area contributed by atoms with Crippen LogP contribution in [-0.4, -0.2) is 44.1 Å². The van der Waals surface area contributed by atoms with E-state index in [9.17, 15) is 9.59 Å². The summed E-state index contributed by atoms with van der Waals surface area (Å²) in [5.41, 5.74) is 0.866. The molecule has 0 aromatic heterocycles. The molecule has 114 valence electrons. The van der Waals surface area contributed by atoms with Gasteiger partial charge < -0.3 is 14.4 Å². The maximum Gasteiger partial charge on any atom is 0.310 e. The van der Waals surface area contributed by atoms with E-state index in [4.69, 9.17) is 9.47 Å². The normalized spacial score (nSPS) is 18.2. The lowest BCUT2D eigenvalue weighted by Gasteiger charge is -2.31. The minimum Gasteiger partial charge on any atom is -0.496 e. The van der Waals surface area contributed by atoms with Gasteiger partial charge in [0.15, 0.2) is 0 Å². The summed E-state index contributed by atoms with van der Waals surface area (Å²) in [4.78, 5) is 25.8. The number of hydrogen-bond donors (Lipinski definition) is 0. The van der Waals surface area contributed by atoms with E-state index in [0.717, 1.165) is 18.4 Å². The van der Waals surface area contributed by atoms with E-state index in [1.807, 2.05) is 24.3 Å². The number of hydrogen-bond acceptors (Lipinski definition) is 4. The van der Waals surface area contributed by atoms with E-state index in [1.165, 1.54) is 7.11 Å². The molecule has 5 heteroatoms. The minimum atomic E-state index is -0.232. The summed E-state index contributed by atoms with van der Waals surface area (Å²) < 4.78 is 10.0. The monoisotopic (exact) mass is 291 g/mol. The molecule has 1 saturated heterocycles. The summed E-state index contributed by atoms with van der Waals surface area (Å²) in [6.07, 6.45) is 1.90. The summed E-state index contributed by atoms with van der Waals surface area (Å²) in [6.45, 7) is 1.14. The predicted octanol–water partition coefficient (Wildman–Crippen LogP) is 1.65. The SMILES string of the molecule is COC(=O)[C@H]1CCCN(C(=O)Cc2ccccc2OC)C1. The van der Waals surface area contributed by atoms with Crippen LogP contribution in [0.4, 0.5) is 0 Å². The van der Waals surface area contributed by atoms with Gasteiger partial charge in [0.1, 0.15) is 5.75 Å². The van der Waals surface area contributed by atoms with Crippen LogP contribution in [0.3, 0.4) is 0 Å². The molecule has 0 saturated carbocycles. The van der Waals surface area contributed by atoms with Crippen LogP contribution in [0.15, 0.2) is 24.3 Å². The Bertz CT molecular complexity index is 515. The van der Waals surface area contributed by atoms with Crippen LogP contribution in [0.25, 0.3) is 0 Å². The van der Waals surface area contributed by atoms with Gasteiger partial charge in [-0.25, -0.2) is 0 Å². The summed E-state index contributed by atoms with van der Waals surface area (Å²) in [7, 11) is 2.98. The van der Waals surface area contributed by atoms with E-state index < -0.39 is 0 Å². The molecule has 0 bridgehead atoms. The van der Waals surface area contributed by atoms with Gasteiger partial charge in [0.05, 0.1) is 26.6 Å². The molecule has 0 unspecified atom stereocenters. The zero-order chi connectivity index (χ0) is 15.2. The second-order valence-corrected chi connectivity index (χ2v) is 5.19. The van der Waals surface area contributed by atoms with Crippen molar-refractivity contribution in [2.24, 2.45) is 5.92 Å². The third-order valence-corrected chi connectivity index (χ3v) is 3.84. The molecule has 2 rings (SSSR count). The van der Waals surface area contributed by atoms with E-state index in [2.05, 4.69) is 0 Å². The third-order valence-electron chi connectivity index (χ3n) is 3.84. The van der Waals surface area contributed by atoms with Gasteiger partial charge in [-0.15, -0.1) is 0 Å². The van der Waals surface area contributed by atoms with Crippen LogP contribution in [0.5, 0.6) is 5.75 Å². The number of amides is 1. The first-order valence-corrected chi connectivity index (χ1v) is 7.13. The lowest BCUT2D eigenvalue weighted by atomic mass is 9.97. The first-order valence-electron chi connectivity index (χ1n) is 7.13. The Hall–Kier alpha value is -2.04. The molecule has 0 spiro atoms. The zero-order valence-electron chi connectivity index (χ0n) is 12.5. The Balaban J connectivity index is 2.01. The zero-order valence-corrected chi connectivity index (χ0v) is 12.5. The second kappa shape index (κ2) is 7.11. The maximum absolute atomic E-state index is 12.4. The van der Waals surface area contributed by atoms with Crippen LogP contribution in [0, 0.1) is 5.92 Å². The number of benzene rings is 1. The van der Waals surface area contributed by atoms with Crippen molar-refractivity contribution < 1.29 is 19.1 Å². The van der Waals surface area contributed by atoms with Crippen LogP contribution < -0.4 is 4.74 Å². The van der Waals surface area contributed by atoms with Crippen molar-refractivity contribution in [3.8, 4) is 5.75 Å².